The van der Waals surface area contributed by atoms with E-state index in [1.807, 2.05) is 0 Å². The zero-order valence-electron chi connectivity index (χ0n) is 6.08. The van der Waals surface area contributed by atoms with Gasteiger partial charge in [-0.15, -0.1) is 0 Å². The Morgan fingerprint density at radius 1 is 1.42 bits per heavy atom. The van der Waals surface area contributed by atoms with E-state index in [1.54, 1.807) is 0 Å². The smallest absolute Gasteiger partial charge is 0.205 e. The quantitative estimate of drug-likeness (QED) is 0.497. The second-order valence-corrected chi connectivity index (χ2v) is 3.49. The predicted molar refractivity (Wildman–Crippen MR) is 37.2 cm³/mol. The van der Waals surface area contributed by atoms with E-state index in [1.165, 1.54) is 6.92 Å². The van der Waals surface area contributed by atoms with Gasteiger partial charge in [-0.1, -0.05) is 9.95 Å². The highest BCUT2D eigenvalue weighted by molar-refractivity contribution is 7.86. The first kappa shape index (κ1) is 9.05. The van der Waals surface area contributed by atoms with Crippen molar-refractivity contribution in [3.63, 3.8) is 0 Å². The normalized spacial score (nSPS) is 11.6. The van der Waals surface area contributed by atoms with Crippen molar-refractivity contribution in [2.24, 2.45) is 0 Å². The maximum absolute atomic E-state index is 12.6. The number of aryl methyl sites for hydroxylation is 1. The summed E-state index contributed by atoms with van der Waals surface area (Å²) in [7, 11) is -4.89. The van der Waals surface area contributed by atoms with Gasteiger partial charge in [-0.2, -0.15) is 12.8 Å². The Kier molecular flexibility index (Phi) is 2.10. The van der Waals surface area contributed by atoms with Crippen molar-refractivity contribution in [1.29, 1.82) is 0 Å². The summed E-state index contributed by atoms with van der Waals surface area (Å²) in [6, 6.07) is 2.06. The molecule has 0 radical (unpaired) electrons. The average Bonchev–Trinajstić information content (AvgIpc) is 1.92. The summed E-state index contributed by atoms with van der Waals surface area (Å²) >= 11 is 0. The number of nitrogens with zero attached hydrogens (tertiary/aromatic N) is 1. The number of aromatic nitrogens is 1. The van der Waals surface area contributed by atoms with E-state index < -0.39 is 21.2 Å². The van der Waals surface area contributed by atoms with Crippen LogP contribution in [0.1, 0.15) is 5.56 Å². The Balaban J connectivity index is 3.33. The van der Waals surface area contributed by atoms with Crippen molar-refractivity contribution in [1.82, 2.24) is 4.98 Å². The summed E-state index contributed by atoms with van der Waals surface area (Å²) < 4.78 is 45.1. The molecule has 0 fully saturated rings. The molecular weight excluding hydrogens is 188 g/mol. The molecule has 1 aromatic heterocycles. The van der Waals surface area contributed by atoms with Crippen LogP contribution in [0.4, 0.5) is 8.28 Å². The van der Waals surface area contributed by atoms with Gasteiger partial charge in [0.15, 0.2) is 5.03 Å². The van der Waals surface area contributed by atoms with Crippen LogP contribution in [0.25, 0.3) is 0 Å². The second-order valence-electron chi connectivity index (χ2n) is 2.20. The van der Waals surface area contributed by atoms with Crippen molar-refractivity contribution >= 4 is 10.2 Å². The maximum atomic E-state index is 12.6. The zero-order chi connectivity index (χ0) is 9.35. The van der Waals surface area contributed by atoms with Crippen molar-refractivity contribution in [2.75, 3.05) is 0 Å². The topological polar surface area (TPSA) is 47.0 Å². The lowest BCUT2D eigenvalue weighted by atomic mass is 10.3. The first-order chi connectivity index (χ1) is 5.41. The summed E-state index contributed by atoms with van der Waals surface area (Å²) in [6.07, 6.45) is 0. The van der Waals surface area contributed by atoms with Crippen LogP contribution < -0.4 is 0 Å². The Morgan fingerprint density at radius 2 is 2.00 bits per heavy atom. The third kappa shape index (κ3) is 1.76. The first-order valence-electron chi connectivity index (χ1n) is 2.99. The van der Waals surface area contributed by atoms with Crippen molar-refractivity contribution in [3.05, 3.63) is 23.6 Å². The Labute approximate surface area is 68.3 Å². The van der Waals surface area contributed by atoms with Gasteiger partial charge >= 0.3 is 10.2 Å². The fourth-order valence-electron chi connectivity index (χ4n) is 0.623. The molecule has 66 valence electrons. The molecule has 6 heteroatoms. The average molecular weight is 193 g/mol. The van der Waals surface area contributed by atoms with E-state index in [2.05, 4.69) is 4.98 Å². The molecule has 0 saturated carbocycles. The van der Waals surface area contributed by atoms with Gasteiger partial charge in [0.2, 0.25) is 5.95 Å². The lowest BCUT2D eigenvalue weighted by Crippen LogP contribution is -1.99. The number of hydrogen-bond acceptors (Lipinski definition) is 3. The number of pyridine rings is 1. The standard InChI is InChI=1S/C6H5F2NO2S/c1-4-2-3-5(9-6(4)7)12(8,10)11/h2-3H,1H3. The van der Waals surface area contributed by atoms with Gasteiger partial charge < -0.3 is 0 Å². The van der Waals surface area contributed by atoms with Gasteiger partial charge in [-0.05, 0) is 13.0 Å². The maximum Gasteiger partial charge on any atom is 0.349 e. The molecule has 0 unspecified atom stereocenters. The van der Waals surface area contributed by atoms with Crippen LogP contribution in [0.15, 0.2) is 17.2 Å². The molecule has 0 saturated heterocycles. The summed E-state index contributed by atoms with van der Waals surface area (Å²) in [6.45, 7) is 1.40. The van der Waals surface area contributed by atoms with E-state index in [0.29, 0.717) is 0 Å². The highest BCUT2D eigenvalue weighted by atomic mass is 32.3. The Morgan fingerprint density at radius 3 is 2.42 bits per heavy atom. The minimum absolute atomic E-state index is 0.169. The van der Waals surface area contributed by atoms with E-state index in [-0.39, 0.29) is 5.56 Å². The van der Waals surface area contributed by atoms with Crippen molar-refractivity contribution < 1.29 is 16.7 Å². The van der Waals surface area contributed by atoms with Crippen LogP contribution in [0.3, 0.4) is 0 Å². The van der Waals surface area contributed by atoms with Crippen molar-refractivity contribution in [3.8, 4) is 0 Å². The van der Waals surface area contributed by atoms with Crippen LogP contribution in [0, 0.1) is 12.9 Å². The minimum Gasteiger partial charge on any atom is -0.205 e. The van der Waals surface area contributed by atoms with Gasteiger partial charge in [-0.3, -0.25) is 0 Å². The SMILES string of the molecule is Cc1ccc(S(=O)(=O)F)nc1F. The lowest BCUT2D eigenvalue weighted by Gasteiger charge is -1.96. The van der Waals surface area contributed by atoms with Crippen LogP contribution in [0.2, 0.25) is 0 Å². The molecule has 0 spiro atoms. The number of halogens is 2. The molecule has 1 aromatic rings. The van der Waals surface area contributed by atoms with Crippen LogP contribution >= 0.6 is 0 Å². The molecule has 0 amide bonds. The van der Waals surface area contributed by atoms with E-state index in [9.17, 15) is 16.7 Å². The molecule has 0 aliphatic heterocycles. The van der Waals surface area contributed by atoms with E-state index in [0.717, 1.165) is 12.1 Å². The van der Waals surface area contributed by atoms with Gasteiger partial charge in [0, 0.05) is 5.56 Å². The molecule has 0 atom stereocenters. The van der Waals surface area contributed by atoms with Crippen LogP contribution in [-0.2, 0) is 10.2 Å². The van der Waals surface area contributed by atoms with Gasteiger partial charge in [0.05, 0.1) is 0 Å². The zero-order valence-corrected chi connectivity index (χ0v) is 6.90. The summed E-state index contributed by atoms with van der Waals surface area (Å²) in [4.78, 5) is 2.91. The number of hydrogen-bond donors (Lipinski definition) is 0. The molecule has 0 N–H and O–H groups in total. The van der Waals surface area contributed by atoms with E-state index in [4.69, 9.17) is 0 Å². The second kappa shape index (κ2) is 2.78. The molecule has 12 heavy (non-hydrogen) atoms. The minimum atomic E-state index is -4.89. The van der Waals surface area contributed by atoms with Gasteiger partial charge in [0.1, 0.15) is 0 Å². The fourth-order valence-corrected chi connectivity index (χ4v) is 1.04. The molecule has 0 aromatic carbocycles. The summed E-state index contributed by atoms with van der Waals surface area (Å²) in [5.74, 6) is -0.978. The summed E-state index contributed by atoms with van der Waals surface area (Å²) in [5.41, 5.74) is 0.169. The molecule has 0 aliphatic carbocycles. The van der Waals surface area contributed by atoms with E-state index >= 15 is 0 Å². The third-order valence-corrected chi connectivity index (χ3v) is 1.99. The van der Waals surface area contributed by atoms with Gasteiger partial charge in [0.25, 0.3) is 0 Å². The number of rotatable bonds is 1. The van der Waals surface area contributed by atoms with Crippen LogP contribution in [-0.4, -0.2) is 13.4 Å². The Bertz CT molecular complexity index is 402. The third-order valence-electron chi connectivity index (χ3n) is 1.26. The molecule has 1 heterocycles. The van der Waals surface area contributed by atoms with Crippen molar-refractivity contribution in [2.45, 2.75) is 11.9 Å². The Hall–Kier alpha value is -1.04. The summed E-state index contributed by atoms with van der Waals surface area (Å²) in [5, 5.41) is -0.898. The molecule has 0 bridgehead atoms. The largest absolute Gasteiger partial charge is 0.349 e. The first-order valence-corrected chi connectivity index (χ1v) is 4.37. The lowest BCUT2D eigenvalue weighted by molar-refractivity contribution is 0.528. The molecular formula is C6H5F2NO2S. The monoisotopic (exact) mass is 193 g/mol. The molecule has 3 nitrogen and oxygen atoms in total. The van der Waals surface area contributed by atoms with Gasteiger partial charge in [-0.25, -0.2) is 4.98 Å². The highest BCUT2D eigenvalue weighted by Crippen LogP contribution is 2.11. The predicted octanol–water partition coefficient (Wildman–Crippen LogP) is 1.19. The van der Waals surface area contributed by atoms with Crippen LogP contribution in [0.5, 0.6) is 0 Å². The molecule has 1 rings (SSSR count). The highest BCUT2D eigenvalue weighted by Gasteiger charge is 2.14. The molecule has 0 aliphatic rings. The fraction of sp³-hybridized carbons (Fsp3) is 0.167.